The average molecular weight is 302 g/mol. The lowest BCUT2D eigenvalue weighted by Gasteiger charge is -1.96. The summed E-state index contributed by atoms with van der Waals surface area (Å²) < 4.78 is 21.8. The van der Waals surface area contributed by atoms with Crippen LogP contribution >= 0.6 is 31.5 Å². The SMILES string of the molecule is O=[P+](Oc1cccc(Cl)c1)Oc1ccccc1Cl. The fraction of sp³-hybridized carbons (Fsp3) is 0. The molecule has 0 N–H and O–H groups in total. The van der Waals surface area contributed by atoms with Gasteiger partial charge in [0.2, 0.25) is 5.75 Å². The molecule has 0 bridgehead atoms. The molecule has 2 aromatic carbocycles. The molecule has 2 rings (SSSR count). The molecule has 0 spiro atoms. The zero-order chi connectivity index (χ0) is 13.0. The minimum absolute atomic E-state index is 0.308. The van der Waals surface area contributed by atoms with E-state index in [0.29, 0.717) is 21.5 Å². The lowest BCUT2D eigenvalue weighted by Crippen LogP contribution is -1.89. The predicted octanol–water partition coefficient (Wildman–Crippen LogP) is 5.11. The van der Waals surface area contributed by atoms with Crippen LogP contribution in [0.2, 0.25) is 10.0 Å². The van der Waals surface area contributed by atoms with Crippen LogP contribution in [0.1, 0.15) is 0 Å². The lowest BCUT2D eigenvalue weighted by atomic mass is 10.3. The van der Waals surface area contributed by atoms with E-state index in [9.17, 15) is 4.57 Å². The molecule has 0 heterocycles. The summed E-state index contributed by atoms with van der Waals surface area (Å²) in [7, 11) is -2.35. The highest BCUT2D eigenvalue weighted by Crippen LogP contribution is 2.34. The molecular weight excluding hydrogens is 294 g/mol. The first-order chi connectivity index (χ1) is 8.65. The van der Waals surface area contributed by atoms with Gasteiger partial charge in [-0.15, -0.1) is 0 Å². The van der Waals surface area contributed by atoms with Crippen LogP contribution in [-0.2, 0) is 4.57 Å². The highest BCUT2D eigenvalue weighted by molar-refractivity contribution is 7.34. The molecule has 0 saturated carbocycles. The summed E-state index contributed by atoms with van der Waals surface area (Å²) in [6, 6.07) is 13.3. The van der Waals surface area contributed by atoms with E-state index >= 15 is 0 Å². The normalized spacial score (nSPS) is 10.9. The van der Waals surface area contributed by atoms with Crippen molar-refractivity contribution in [2.45, 2.75) is 0 Å². The van der Waals surface area contributed by atoms with E-state index < -0.39 is 8.25 Å². The summed E-state index contributed by atoms with van der Waals surface area (Å²) in [5.74, 6) is 0.679. The number of hydrogen-bond donors (Lipinski definition) is 0. The summed E-state index contributed by atoms with van der Waals surface area (Å²) in [5.41, 5.74) is 0. The fourth-order valence-corrected chi connectivity index (χ4v) is 2.28. The summed E-state index contributed by atoms with van der Waals surface area (Å²) in [5, 5.41) is 0.865. The van der Waals surface area contributed by atoms with Gasteiger partial charge in [0.1, 0.15) is 0 Å². The van der Waals surface area contributed by atoms with Gasteiger partial charge in [-0.1, -0.05) is 41.4 Å². The molecule has 3 nitrogen and oxygen atoms in total. The third kappa shape index (κ3) is 3.61. The highest BCUT2D eigenvalue weighted by atomic mass is 35.5. The Morgan fingerprint density at radius 3 is 2.44 bits per heavy atom. The van der Waals surface area contributed by atoms with Gasteiger partial charge in [0.05, 0.1) is 5.02 Å². The van der Waals surface area contributed by atoms with Crippen LogP contribution in [0.4, 0.5) is 0 Å². The maximum atomic E-state index is 11.6. The molecule has 0 amide bonds. The quantitative estimate of drug-likeness (QED) is 0.736. The molecule has 0 fully saturated rings. The monoisotopic (exact) mass is 301 g/mol. The zero-order valence-corrected chi connectivity index (χ0v) is 11.5. The molecule has 1 atom stereocenters. The Morgan fingerprint density at radius 1 is 0.944 bits per heavy atom. The first-order valence-corrected chi connectivity index (χ1v) is 6.83. The first-order valence-electron chi connectivity index (χ1n) is 4.98. The Kier molecular flexibility index (Phi) is 4.43. The van der Waals surface area contributed by atoms with Crippen molar-refractivity contribution in [1.82, 2.24) is 0 Å². The Bertz CT molecular complexity index is 575. The van der Waals surface area contributed by atoms with E-state index in [1.165, 1.54) is 0 Å². The number of para-hydroxylation sites is 1. The van der Waals surface area contributed by atoms with Gasteiger partial charge in [0, 0.05) is 15.7 Å². The average Bonchev–Trinajstić information content (AvgIpc) is 2.32. The Balaban J connectivity index is 2.03. The Morgan fingerprint density at radius 2 is 1.72 bits per heavy atom. The van der Waals surface area contributed by atoms with Crippen molar-refractivity contribution in [2.24, 2.45) is 0 Å². The molecule has 92 valence electrons. The molecule has 0 saturated heterocycles. The zero-order valence-electron chi connectivity index (χ0n) is 9.05. The van der Waals surface area contributed by atoms with E-state index in [1.54, 1.807) is 48.5 Å². The molecule has 2 aromatic rings. The second-order valence-corrected chi connectivity index (χ2v) is 4.95. The van der Waals surface area contributed by atoms with E-state index in [1.807, 2.05) is 0 Å². The van der Waals surface area contributed by atoms with Crippen LogP contribution in [0.3, 0.4) is 0 Å². The van der Waals surface area contributed by atoms with Crippen molar-refractivity contribution in [1.29, 1.82) is 0 Å². The molecule has 0 aliphatic rings. The number of rotatable bonds is 4. The van der Waals surface area contributed by atoms with Crippen LogP contribution in [0.5, 0.6) is 11.5 Å². The van der Waals surface area contributed by atoms with E-state index in [2.05, 4.69) is 0 Å². The Labute approximate surface area is 115 Å². The standard InChI is InChI=1S/C12H8Cl2O3P/c13-9-4-3-5-10(8-9)16-18(15)17-12-7-2-1-6-11(12)14/h1-8H/q+1. The minimum atomic E-state index is -2.35. The van der Waals surface area contributed by atoms with Crippen LogP contribution in [0, 0.1) is 0 Å². The molecule has 0 radical (unpaired) electrons. The smallest absolute Gasteiger partial charge is 0.222 e. The fourth-order valence-electron chi connectivity index (χ4n) is 1.23. The number of halogens is 2. The molecular formula is C12H8Cl2O3P+. The van der Waals surface area contributed by atoms with Gasteiger partial charge < -0.3 is 0 Å². The first kappa shape index (κ1) is 13.2. The predicted molar refractivity (Wildman–Crippen MR) is 71.8 cm³/mol. The minimum Gasteiger partial charge on any atom is -0.222 e. The third-order valence-electron chi connectivity index (χ3n) is 1.99. The lowest BCUT2D eigenvalue weighted by molar-refractivity contribution is 0.415. The van der Waals surface area contributed by atoms with E-state index in [0.717, 1.165) is 0 Å². The van der Waals surface area contributed by atoms with Crippen molar-refractivity contribution < 1.29 is 13.6 Å². The number of benzene rings is 2. The van der Waals surface area contributed by atoms with E-state index in [4.69, 9.17) is 32.2 Å². The van der Waals surface area contributed by atoms with Crippen LogP contribution in [0.25, 0.3) is 0 Å². The highest BCUT2D eigenvalue weighted by Gasteiger charge is 2.25. The maximum absolute atomic E-state index is 11.6. The molecule has 1 unspecified atom stereocenters. The summed E-state index contributed by atoms with van der Waals surface area (Å²) in [6.45, 7) is 0. The van der Waals surface area contributed by atoms with Gasteiger partial charge in [-0.3, -0.25) is 0 Å². The second kappa shape index (κ2) is 6.05. The second-order valence-electron chi connectivity index (χ2n) is 3.29. The maximum Gasteiger partial charge on any atom is 0.805 e. The molecule has 0 aliphatic heterocycles. The molecule has 0 aliphatic carbocycles. The van der Waals surface area contributed by atoms with E-state index in [-0.39, 0.29) is 0 Å². The summed E-state index contributed by atoms with van der Waals surface area (Å²) >= 11 is 11.6. The van der Waals surface area contributed by atoms with Crippen molar-refractivity contribution in [3.8, 4) is 11.5 Å². The van der Waals surface area contributed by atoms with Gasteiger partial charge in [-0.25, -0.2) is 9.05 Å². The van der Waals surface area contributed by atoms with Gasteiger partial charge >= 0.3 is 8.25 Å². The van der Waals surface area contributed by atoms with Crippen molar-refractivity contribution >= 4 is 31.5 Å². The summed E-state index contributed by atoms with van der Waals surface area (Å²) in [6.07, 6.45) is 0. The van der Waals surface area contributed by atoms with Crippen LogP contribution in [-0.4, -0.2) is 0 Å². The number of hydrogen-bond acceptors (Lipinski definition) is 3. The van der Waals surface area contributed by atoms with Crippen molar-refractivity contribution in [3.05, 3.63) is 58.6 Å². The molecule has 0 aromatic heterocycles. The van der Waals surface area contributed by atoms with Gasteiger partial charge in [-0.05, 0) is 24.3 Å². The van der Waals surface area contributed by atoms with Gasteiger partial charge in [0.25, 0.3) is 0 Å². The largest absolute Gasteiger partial charge is 0.805 e. The van der Waals surface area contributed by atoms with Gasteiger partial charge in [0.15, 0.2) is 5.75 Å². The third-order valence-corrected chi connectivity index (χ3v) is 3.24. The van der Waals surface area contributed by atoms with Crippen LogP contribution < -0.4 is 9.05 Å². The summed E-state index contributed by atoms with van der Waals surface area (Å²) in [4.78, 5) is 0. The topological polar surface area (TPSA) is 35.5 Å². The van der Waals surface area contributed by atoms with Crippen molar-refractivity contribution in [3.63, 3.8) is 0 Å². The van der Waals surface area contributed by atoms with Gasteiger partial charge in [-0.2, -0.15) is 0 Å². The van der Waals surface area contributed by atoms with Crippen molar-refractivity contribution in [2.75, 3.05) is 0 Å². The molecule has 18 heavy (non-hydrogen) atoms. The molecule has 6 heteroatoms. The van der Waals surface area contributed by atoms with Crippen LogP contribution in [0.15, 0.2) is 48.5 Å². The Hall–Kier alpha value is -1.28.